The smallest absolute Gasteiger partial charge is 0.309 e. The first-order chi connectivity index (χ1) is 11.9. The normalized spacial score (nSPS) is 21.0. The topological polar surface area (TPSA) is 40.0 Å². The Bertz CT molecular complexity index is 542. The molecule has 0 saturated carbocycles. The molecule has 4 heteroatoms. The largest absolute Gasteiger partial charge is 0.493 e. The van der Waals surface area contributed by atoms with Crippen molar-refractivity contribution in [3.8, 4) is 5.75 Å². The van der Waals surface area contributed by atoms with E-state index in [-0.39, 0.29) is 17.3 Å². The summed E-state index contributed by atoms with van der Waals surface area (Å²) in [6.07, 6.45) is 2.93. The van der Waals surface area contributed by atoms with Crippen molar-refractivity contribution in [1.82, 2.24) is 0 Å². The molecule has 1 heterocycles. The van der Waals surface area contributed by atoms with Crippen molar-refractivity contribution in [1.29, 1.82) is 0 Å². The molecule has 1 saturated heterocycles. The van der Waals surface area contributed by atoms with E-state index in [1.165, 1.54) is 5.56 Å². The van der Waals surface area contributed by atoms with Crippen LogP contribution in [-0.2, 0) is 14.9 Å². The Morgan fingerprint density at radius 2 is 1.96 bits per heavy atom. The van der Waals surface area contributed by atoms with Crippen LogP contribution in [0, 0.1) is 5.92 Å². The molecule has 1 aliphatic heterocycles. The summed E-state index contributed by atoms with van der Waals surface area (Å²) in [4.78, 5) is 13.3. The highest BCUT2D eigenvalue weighted by atomic mass is 16.5. The lowest BCUT2D eigenvalue weighted by Crippen LogP contribution is -3.13. The molecule has 0 radical (unpaired) electrons. The molecule has 1 N–H and O–H groups in total. The fraction of sp³-hybridized carbons (Fsp3) is 0.667. The van der Waals surface area contributed by atoms with Gasteiger partial charge in [0.2, 0.25) is 0 Å². The highest BCUT2D eigenvalue weighted by molar-refractivity contribution is 5.72. The van der Waals surface area contributed by atoms with Crippen LogP contribution >= 0.6 is 0 Å². The number of esters is 1. The molecule has 0 aliphatic carbocycles. The van der Waals surface area contributed by atoms with Gasteiger partial charge in [0.1, 0.15) is 5.75 Å². The highest BCUT2D eigenvalue weighted by Crippen LogP contribution is 2.25. The zero-order valence-corrected chi connectivity index (χ0v) is 16.3. The number of hydrogen-bond acceptors (Lipinski definition) is 3. The lowest BCUT2D eigenvalue weighted by molar-refractivity contribution is -0.906. The highest BCUT2D eigenvalue weighted by Gasteiger charge is 2.28. The van der Waals surface area contributed by atoms with Gasteiger partial charge < -0.3 is 14.4 Å². The first-order valence-electron chi connectivity index (χ1n) is 9.63. The Morgan fingerprint density at radius 1 is 1.24 bits per heavy atom. The minimum absolute atomic E-state index is 0.0105. The number of carbonyl (C=O) groups is 1. The van der Waals surface area contributed by atoms with Gasteiger partial charge in [-0.3, -0.25) is 4.79 Å². The summed E-state index contributed by atoms with van der Waals surface area (Å²) in [5, 5.41) is 0. The zero-order valence-electron chi connectivity index (χ0n) is 16.3. The van der Waals surface area contributed by atoms with E-state index in [2.05, 4.69) is 39.0 Å². The Balaban J connectivity index is 1.67. The average molecular weight is 349 g/mol. The molecule has 0 spiro atoms. The van der Waals surface area contributed by atoms with Crippen molar-refractivity contribution < 1.29 is 19.2 Å². The van der Waals surface area contributed by atoms with Crippen LogP contribution in [0.15, 0.2) is 24.3 Å². The number of hydrogen-bond donors (Lipinski definition) is 1. The molecule has 1 aromatic carbocycles. The molecular weight excluding hydrogens is 314 g/mol. The molecule has 4 nitrogen and oxygen atoms in total. The second-order valence-electron chi connectivity index (χ2n) is 8.01. The summed E-state index contributed by atoms with van der Waals surface area (Å²) >= 11 is 0. The maximum Gasteiger partial charge on any atom is 0.309 e. The maximum atomic E-state index is 11.8. The lowest BCUT2D eigenvalue weighted by Gasteiger charge is -2.28. The zero-order chi connectivity index (χ0) is 18.3. The van der Waals surface area contributed by atoms with Gasteiger partial charge in [0, 0.05) is 19.3 Å². The Morgan fingerprint density at radius 3 is 2.60 bits per heavy atom. The molecule has 2 rings (SSSR count). The molecule has 140 valence electrons. The summed E-state index contributed by atoms with van der Waals surface area (Å²) in [5.41, 5.74) is 1.45. The number of likely N-dealkylation sites (tertiary alicyclic amines) is 1. The molecule has 0 unspecified atom stereocenters. The van der Waals surface area contributed by atoms with Gasteiger partial charge in [0.15, 0.2) is 0 Å². The SMILES string of the molecule is CCOC(=O)C1CC[NH+](CCCOc2cccc(C(C)(C)C)c2)CC1. The number of piperidine rings is 1. The monoisotopic (exact) mass is 348 g/mol. The third kappa shape index (κ3) is 6.35. The number of quaternary nitrogens is 1. The van der Waals surface area contributed by atoms with Gasteiger partial charge in [-0.25, -0.2) is 0 Å². The van der Waals surface area contributed by atoms with Crippen molar-refractivity contribution >= 4 is 5.97 Å². The molecular formula is C21H34NO3+. The van der Waals surface area contributed by atoms with Gasteiger partial charge in [-0.15, -0.1) is 0 Å². The van der Waals surface area contributed by atoms with E-state index in [9.17, 15) is 4.79 Å². The van der Waals surface area contributed by atoms with Gasteiger partial charge in [0.05, 0.1) is 38.8 Å². The number of carbonyl (C=O) groups excluding carboxylic acids is 1. The first-order valence-corrected chi connectivity index (χ1v) is 9.63. The number of rotatable bonds is 7. The first kappa shape index (κ1) is 19.8. The number of benzene rings is 1. The second-order valence-corrected chi connectivity index (χ2v) is 8.01. The third-order valence-electron chi connectivity index (χ3n) is 4.96. The van der Waals surface area contributed by atoms with Crippen LogP contribution in [0.1, 0.15) is 52.5 Å². The predicted octanol–water partition coefficient (Wildman–Crippen LogP) is 2.61. The quantitative estimate of drug-likeness (QED) is 0.608. The van der Waals surface area contributed by atoms with E-state index in [4.69, 9.17) is 9.47 Å². The average Bonchev–Trinajstić information content (AvgIpc) is 2.59. The van der Waals surface area contributed by atoms with Crippen LogP contribution in [-0.4, -0.2) is 38.8 Å². The van der Waals surface area contributed by atoms with Crippen LogP contribution < -0.4 is 9.64 Å². The van der Waals surface area contributed by atoms with E-state index < -0.39 is 0 Å². The van der Waals surface area contributed by atoms with E-state index in [0.29, 0.717) is 6.61 Å². The molecule has 1 fully saturated rings. The summed E-state index contributed by atoms with van der Waals surface area (Å²) in [6, 6.07) is 8.41. The third-order valence-corrected chi connectivity index (χ3v) is 4.96. The van der Waals surface area contributed by atoms with Gasteiger partial charge in [-0.05, 0) is 30.0 Å². The van der Waals surface area contributed by atoms with Gasteiger partial charge in [0.25, 0.3) is 0 Å². The molecule has 1 aromatic rings. The van der Waals surface area contributed by atoms with Gasteiger partial charge >= 0.3 is 5.97 Å². The van der Waals surface area contributed by atoms with Gasteiger partial charge in [-0.2, -0.15) is 0 Å². The van der Waals surface area contributed by atoms with Crippen LogP contribution in [0.3, 0.4) is 0 Å². The Hall–Kier alpha value is -1.55. The Kier molecular flexibility index (Phi) is 7.30. The van der Waals surface area contributed by atoms with E-state index >= 15 is 0 Å². The molecule has 0 amide bonds. The molecule has 1 aliphatic rings. The molecule has 0 atom stereocenters. The van der Waals surface area contributed by atoms with Crippen molar-refractivity contribution in [2.45, 2.75) is 52.4 Å². The van der Waals surface area contributed by atoms with E-state index in [1.54, 1.807) is 4.90 Å². The molecule has 25 heavy (non-hydrogen) atoms. The van der Waals surface area contributed by atoms with Crippen molar-refractivity contribution in [2.75, 3.05) is 32.8 Å². The predicted molar refractivity (Wildman–Crippen MR) is 100 cm³/mol. The molecule has 0 aromatic heterocycles. The summed E-state index contributed by atoms with van der Waals surface area (Å²) in [7, 11) is 0. The van der Waals surface area contributed by atoms with Crippen LogP contribution in [0.25, 0.3) is 0 Å². The standard InChI is InChI=1S/C21H33NO3/c1-5-24-20(23)17-10-13-22(14-11-17)12-7-15-25-19-9-6-8-18(16-19)21(2,3)4/h6,8-9,16-17H,5,7,10-15H2,1-4H3/p+1. The van der Waals surface area contributed by atoms with E-state index in [1.807, 2.05) is 13.0 Å². The van der Waals surface area contributed by atoms with Crippen LogP contribution in [0.4, 0.5) is 0 Å². The fourth-order valence-electron chi connectivity index (χ4n) is 3.34. The van der Waals surface area contributed by atoms with Crippen LogP contribution in [0.5, 0.6) is 5.75 Å². The minimum Gasteiger partial charge on any atom is -0.493 e. The Labute approximate surface area is 152 Å². The number of ether oxygens (including phenoxy) is 2. The van der Waals surface area contributed by atoms with Crippen molar-refractivity contribution in [2.24, 2.45) is 5.92 Å². The van der Waals surface area contributed by atoms with Crippen molar-refractivity contribution in [3.05, 3.63) is 29.8 Å². The summed E-state index contributed by atoms with van der Waals surface area (Å²) < 4.78 is 11.1. The minimum atomic E-state index is -0.0105. The fourth-order valence-corrected chi connectivity index (χ4v) is 3.34. The maximum absolute atomic E-state index is 11.8. The van der Waals surface area contributed by atoms with E-state index in [0.717, 1.165) is 51.3 Å². The number of nitrogens with one attached hydrogen (secondary N) is 1. The lowest BCUT2D eigenvalue weighted by atomic mass is 9.87. The second kappa shape index (κ2) is 9.23. The molecule has 0 bridgehead atoms. The summed E-state index contributed by atoms with van der Waals surface area (Å²) in [5.74, 6) is 1.06. The van der Waals surface area contributed by atoms with Crippen LogP contribution in [0.2, 0.25) is 0 Å². The van der Waals surface area contributed by atoms with Crippen molar-refractivity contribution in [3.63, 3.8) is 0 Å². The summed E-state index contributed by atoms with van der Waals surface area (Å²) in [6.45, 7) is 13.0. The van der Waals surface area contributed by atoms with Gasteiger partial charge in [-0.1, -0.05) is 32.9 Å².